The van der Waals surface area contributed by atoms with Gasteiger partial charge in [0.1, 0.15) is 5.75 Å². The predicted octanol–water partition coefficient (Wildman–Crippen LogP) is 7.93. The van der Waals surface area contributed by atoms with Gasteiger partial charge in [0.05, 0.1) is 12.4 Å². The van der Waals surface area contributed by atoms with Crippen molar-refractivity contribution in [3.63, 3.8) is 0 Å². The number of hydrogen-bond acceptors (Lipinski definition) is 3. The van der Waals surface area contributed by atoms with E-state index in [4.69, 9.17) is 9.29 Å². The smallest absolute Gasteiger partial charge is 0.264 e. The molecule has 0 spiro atoms. The monoisotopic (exact) mass is 468 g/mol. The average Bonchev–Trinajstić information content (AvgIpc) is 2.75. The summed E-state index contributed by atoms with van der Waals surface area (Å²) in [5, 5.41) is 0. The van der Waals surface area contributed by atoms with Gasteiger partial charge in [0.2, 0.25) is 0 Å². The summed E-state index contributed by atoms with van der Waals surface area (Å²) in [7, 11) is -3.92. The summed E-state index contributed by atoms with van der Waals surface area (Å²) in [5.74, 6) is 0.616. The van der Waals surface area contributed by atoms with Gasteiger partial charge in [0.25, 0.3) is 10.1 Å². The maximum atomic E-state index is 10.9. The van der Waals surface area contributed by atoms with Gasteiger partial charge < -0.3 is 4.74 Å². The maximum Gasteiger partial charge on any atom is 0.264 e. The van der Waals surface area contributed by atoms with Crippen molar-refractivity contribution in [1.29, 1.82) is 0 Å². The fourth-order valence-electron chi connectivity index (χ4n) is 4.11. The summed E-state index contributed by atoms with van der Waals surface area (Å²) >= 11 is 0. The SMILES string of the molecule is CCCCCCCCCc1ccc(OCCCS(=O)(=O)O)c(CCCCCCCCC)c1. The lowest BCUT2D eigenvalue weighted by molar-refractivity contribution is 0.312. The molecular weight excluding hydrogens is 420 g/mol. The first-order valence-electron chi connectivity index (χ1n) is 13.2. The predicted molar refractivity (Wildman–Crippen MR) is 136 cm³/mol. The van der Waals surface area contributed by atoms with E-state index in [0.29, 0.717) is 13.0 Å². The first-order chi connectivity index (χ1) is 15.5. The van der Waals surface area contributed by atoms with E-state index in [0.717, 1.165) is 25.0 Å². The van der Waals surface area contributed by atoms with Gasteiger partial charge in [-0.1, -0.05) is 103 Å². The van der Waals surface area contributed by atoms with Crippen LogP contribution in [-0.2, 0) is 23.0 Å². The van der Waals surface area contributed by atoms with Crippen molar-refractivity contribution in [3.8, 4) is 5.75 Å². The largest absolute Gasteiger partial charge is 0.493 e. The molecule has 0 saturated heterocycles. The van der Waals surface area contributed by atoms with Gasteiger partial charge in [-0.05, 0) is 49.3 Å². The van der Waals surface area contributed by atoms with E-state index < -0.39 is 10.1 Å². The van der Waals surface area contributed by atoms with E-state index >= 15 is 0 Å². The molecule has 0 heterocycles. The molecule has 1 rings (SSSR count). The number of ether oxygens (including phenoxy) is 1. The van der Waals surface area contributed by atoms with E-state index in [1.165, 1.54) is 94.6 Å². The molecule has 0 bridgehead atoms. The fourth-order valence-corrected chi connectivity index (χ4v) is 4.59. The molecule has 5 heteroatoms. The molecule has 0 aliphatic rings. The zero-order valence-electron chi connectivity index (χ0n) is 20.7. The molecule has 0 radical (unpaired) electrons. The summed E-state index contributed by atoms with van der Waals surface area (Å²) in [6.45, 7) is 4.81. The fraction of sp³-hybridized carbons (Fsp3) is 0.778. The topological polar surface area (TPSA) is 63.6 Å². The van der Waals surface area contributed by atoms with Gasteiger partial charge in [-0.3, -0.25) is 4.55 Å². The van der Waals surface area contributed by atoms with Crippen LogP contribution in [-0.4, -0.2) is 25.3 Å². The number of unbranched alkanes of at least 4 members (excludes halogenated alkanes) is 12. The molecule has 0 fully saturated rings. The zero-order chi connectivity index (χ0) is 23.5. The van der Waals surface area contributed by atoms with Gasteiger partial charge in [-0.15, -0.1) is 0 Å². The molecule has 0 amide bonds. The van der Waals surface area contributed by atoms with Crippen molar-refractivity contribution >= 4 is 10.1 Å². The molecule has 4 nitrogen and oxygen atoms in total. The van der Waals surface area contributed by atoms with Crippen LogP contribution in [0.25, 0.3) is 0 Å². The van der Waals surface area contributed by atoms with Crippen LogP contribution in [0.4, 0.5) is 0 Å². The van der Waals surface area contributed by atoms with Gasteiger partial charge in [0.15, 0.2) is 0 Å². The van der Waals surface area contributed by atoms with Gasteiger partial charge in [-0.2, -0.15) is 8.42 Å². The number of hydrogen-bond donors (Lipinski definition) is 1. The highest BCUT2D eigenvalue weighted by atomic mass is 32.2. The number of benzene rings is 1. The Labute approximate surface area is 198 Å². The van der Waals surface area contributed by atoms with Gasteiger partial charge in [-0.25, -0.2) is 0 Å². The maximum absolute atomic E-state index is 10.9. The molecule has 0 aromatic heterocycles. The minimum Gasteiger partial charge on any atom is -0.493 e. The van der Waals surface area contributed by atoms with Crippen LogP contribution >= 0.6 is 0 Å². The lowest BCUT2D eigenvalue weighted by Gasteiger charge is -2.14. The Balaban J connectivity index is 2.52. The first-order valence-corrected chi connectivity index (χ1v) is 14.8. The number of aryl methyl sites for hydroxylation is 2. The molecule has 1 N–H and O–H groups in total. The highest BCUT2D eigenvalue weighted by Crippen LogP contribution is 2.24. The summed E-state index contributed by atoms with van der Waals surface area (Å²) < 4.78 is 36.7. The Hall–Kier alpha value is -1.07. The van der Waals surface area contributed by atoms with Crippen LogP contribution in [0.5, 0.6) is 5.75 Å². The van der Waals surface area contributed by atoms with E-state index in [9.17, 15) is 8.42 Å². The summed E-state index contributed by atoms with van der Waals surface area (Å²) in [4.78, 5) is 0. The second kappa shape index (κ2) is 18.4. The van der Waals surface area contributed by atoms with Crippen molar-refractivity contribution in [2.45, 2.75) is 123 Å². The zero-order valence-corrected chi connectivity index (χ0v) is 21.6. The van der Waals surface area contributed by atoms with Crippen LogP contribution in [0.3, 0.4) is 0 Å². The summed E-state index contributed by atoms with van der Waals surface area (Å²) in [6.07, 6.45) is 20.6. The third-order valence-electron chi connectivity index (χ3n) is 6.05. The highest BCUT2D eigenvalue weighted by molar-refractivity contribution is 7.85. The van der Waals surface area contributed by atoms with Crippen molar-refractivity contribution in [3.05, 3.63) is 29.3 Å². The molecule has 32 heavy (non-hydrogen) atoms. The second-order valence-corrected chi connectivity index (χ2v) is 10.7. The Morgan fingerprint density at radius 1 is 0.719 bits per heavy atom. The van der Waals surface area contributed by atoms with Crippen molar-refractivity contribution in [2.75, 3.05) is 12.4 Å². The molecule has 0 aliphatic carbocycles. The van der Waals surface area contributed by atoms with Crippen molar-refractivity contribution in [1.82, 2.24) is 0 Å². The Bertz CT molecular complexity index is 685. The molecular formula is C27H48O4S. The minimum absolute atomic E-state index is 0.254. The van der Waals surface area contributed by atoms with E-state index in [1.807, 2.05) is 0 Å². The Kier molecular flexibility index (Phi) is 16.6. The van der Waals surface area contributed by atoms with Crippen LogP contribution in [0.15, 0.2) is 18.2 Å². The van der Waals surface area contributed by atoms with E-state index in [1.54, 1.807) is 0 Å². The Morgan fingerprint density at radius 3 is 1.81 bits per heavy atom. The van der Waals surface area contributed by atoms with Crippen LogP contribution in [0.2, 0.25) is 0 Å². The molecule has 0 unspecified atom stereocenters. The van der Waals surface area contributed by atoms with E-state index in [2.05, 4.69) is 32.0 Å². The van der Waals surface area contributed by atoms with Crippen molar-refractivity contribution in [2.24, 2.45) is 0 Å². The second-order valence-electron chi connectivity index (χ2n) is 9.17. The van der Waals surface area contributed by atoms with Gasteiger partial charge in [0, 0.05) is 0 Å². The molecule has 0 saturated carbocycles. The third-order valence-corrected chi connectivity index (χ3v) is 6.85. The first kappa shape index (κ1) is 29.0. The Morgan fingerprint density at radius 2 is 1.25 bits per heavy atom. The van der Waals surface area contributed by atoms with E-state index in [-0.39, 0.29) is 5.75 Å². The lowest BCUT2D eigenvalue weighted by Crippen LogP contribution is -2.09. The molecule has 1 aromatic rings. The normalized spacial score (nSPS) is 11.7. The quantitative estimate of drug-likeness (QED) is 0.147. The van der Waals surface area contributed by atoms with Crippen LogP contribution < -0.4 is 4.74 Å². The highest BCUT2D eigenvalue weighted by Gasteiger charge is 2.08. The third kappa shape index (κ3) is 15.7. The summed E-state index contributed by atoms with van der Waals surface area (Å²) in [5.41, 5.74) is 2.62. The average molecular weight is 469 g/mol. The molecule has 0 atom stereocenters. The minimum atomic E-state index is -3.92. The molecule has 186 valence electrons. The van der Waals surface area contributed by atoms with Gasteiger partial charge >= 0.3 is 0 Å². The van der Waals surface area contributed by atoms with Crippen molar-refractivity contribution < 1.29 is 17.7 Å². The van der Waals surface area contributed by atoms with Crippen LogP contribution in [0, 0.1) is 0 Å². The molecule has 1 aromatic carbocycles. The lowest BCUT2D eigenvalue weighted by atomic mass is 9.99. The summed E-state index contributed by atoms with van der Waals surface area (Å²) in [6, 6.07) is 6.51. The molecule has 0 aliphatic heterocycles. The number of rotatable bonds is 21. The standard InChI is InChI=1S/C27H48O4S/c1-3-5-7-9-11-13-15-18-25-20-21-27(31-22-17-23-32(28,29)30)26(24-25)19-16-14-12-10-8-6-4-2/h20-21,24H,3-19,22-23H2,1-2H3,(H,28,29,30). The van der Waals surface area contributed by atoms with Crippen LogP contribution in [0.1, 0.15) is 121 Å².